The van der Waals surface area contributed by atoms with Crippen LogP contribution in [0.25, 0.3) is 5.57 Å². The Labute approximate surface area is 157 Å². The molecule has 2 fully saturated rings. The predicted octanol–water partition coefficient (Wildman–Crippen LogP) is 3.61. The Morgan fingerprint density at radius 1 is 1.00 bits per heavy atom. The van der Waals surface area contributed by atoms with Gasteiger partial charge in [0.15, 0.2) is 0 Å². The number of anilines is 1. The van der Waals surface area contributed by atoms with E-state index in [9.17, 15) is 0 Å². The first-order chi connectivity index (χ1) is 12.8. The number of rotatable bonds is 4. The van der Waals surface area contributed by atoms with Crippen LogP contribution in [-0.2, 0) is 14.9 Å². The van der Waals surface area contributed by atoms with Crippen molar-refractivity contribution in [1.29, 1.82) is 0 Å². The molecule has 142 valence electrons. The summed E-state index contributed by atoms with van der Waals surface area (Å²) < 4.78 is 11.3. The van der Waals surface area contributed by atoms with Gasteiger partial charge in [0, 0.05) is 49.5 Å². The normalized spacial score (nSPS) is 24.2. The molecule has 0 radical (unpaired) electrons. The molecule has 26 heavy (non-hydrogen) atoms. The van der Waals surface area contributed by atoms with Crippen LogP contribution >= 0.6 is 0 Å². The molecule has 0 bridgehead atoms. The van der Waals surface area contributed by atoms with E-state index in [0.717, 1.165) is 71.0 Å². The summed E-state index contributed by atoms with van der Waals surface area (Å²) in [4.78, 5) is 2.57. The minimum atomic E-state index is 0.174. The Morgan fingerprint density at radius 3 is 2.50 bits per heavy atom. The van der Waals surface area contributed by atoms with Crippen LogP contribution in [0.1, 0.15) is 49.7 Å². The highest BCUT2D eigenvalue weighted by Crippen LogP contribution is 2.39. The number of morpholine rings is 1. The van der Waals surface area contributed by atoms with Gasteiger partial charge in [-0.2, -0.15) is 0 Å². The van der Waals surface area contributed by atoms with Crippen molar-refractivity contribution in [1.82, 2.24) is 4.90 Å². The molecular weight excluding hydrogens is 324 g/mol. The minimum absolute atomic E-state index is 0.174. The molecule has 2 saturated heterocycles. The van der Waals surface area contributed by atoms with Gasteiger partial charge in [-0.3, -0.25) is 4.90 Å². The zero-order valence-electron chi connectivity index (χ0n) is 15.8. The lowest BCUT2D eigenvalue weighted by atomic mass is 9.72. The van der Waals surface area contributed by atoms with Gasteiger partial charge in [-0.05, 0) is 61.8 Å². The number of nitrogens with two attached hydrogens (primary N) is 1. The molecule has 0 spiro atoms. The second-order valence-corrected chi connectivity index (χ2v) is 8.06. The minimum Gasteiger partial charge on any atom is -0.398 e. The third kappa shape index (κ3) is 3.83. The highest BCUT2D eigenvalue weighted by Gasteiger charge is 2.37. The van der Waals surface area contributed by atoms with Crippen molar-refractivity contribution in [3.05, 3.63) is 35.4 Å². The van der Waals surface area contributed by atoms with Gasteiger partial charge in [-0.25, -0.2) is 0 Å². The fourth-order valence-corrected chi connectivity index (χ4v) is 4.73. The van der Waals surface area contributed by atoms with Gasteiger partial charge in [0.25, 0.3) is 0 Å². The van der Waals surface area contributed by atoms with Crippen LogP contribution in [0.3, 0.4) is 0 Å². The monoisotopic (exact) mass is 356 g/mol. The molecule has 4 rings (SSSR count). The van der Waals surface area contributed by atoms with E-state index in [4.69, 9.17) is 15.2 Å². The number of hydrogen-bond donors (Lipinski definition) is 1. The Kier molecular flexibility index (Phi) is 5.63. The summed E-state index contributed by atoms with van der Waals surface area (Å²) in [5, 5.41) is 0. The Hall–Kier alpha value is -1.36. The smallest absolute Gasteiger partial charge is 0.0594 e. The van der Waals surface area contributed by atoms with E-state index in [2.05, 4.69) is 29.2 Å². The van der Waals surface area contributed by atoms with Gasteiger partial charge >= 0.3 is 0 Å². The molecule has 1 aromatic carbocycles. The molecule has 1 aliphatic carbocycles. The van der Waals surface area contributed by atoms with Crippen LogP contribution in [-0.4, -0.2) is 51.0 Å². The molecule has 4 heteroatoms. The number of nitrogens with zero attached hydrogens (tertiary/aromatic N) is 1. The maximum Gasteiger partial charge on any atom is 0.0594 e. The van der Waals surface area contributed by atoms with Gasteiger partial charge in [0.2, 0.25) is 0 Å². The molecule has 4 nitrogen and oxygen atoms in total. The predicted molar refractivity (Wildman–Crippen MR) is 106 cm³/mol. The Balaban J connectivity index is 1.65. The summed E-state index contributed by atoms with van der Waals surface area (Å²) in [5.41, 5.74) is 11.7. The van der Waals surface area contributed by atoms with E-state index >= 15 is 0 Å². The van der Waals surface area contributed by atoms with Gasteiger partial charge < -0.3 is 15.2 Å². The first kappa shape index (κ1) is 18.0. The lowest BCUT2D eigenvalue weighted by Crippen LogP contribution is -2.48. The highest BCUT2D eigenvalue weighted by atomic mass is 16.5. The lowest BCUT2D eigenvalue weighted by Gasteiger charge is -2.42. The second-order valence-electron chi connectivity index (χ2n) is 8.06. The number of allylic oxidation sites excluding steroid dienone is 2. The highest BCUT2D eigenvalue weighted by molar-refractivity contribution is 5.76. The Bertz CT molecular complexity index is 644. The van der Waals surface area contributed by atoms with E-state index < -0.39 is 0 Å². The molecule has 1 aromatic rings. The molecule has 0 amide bonds. The summed E-state index contributed by atoms with van der Waals surface area (Å²) in [7, 11) is 0. The van der Waals surface area contributed by atoms with E-state index in [1.165, 1.54) is 36.0 Å². The third-order valence-corrected chi connectivity index (χ3v) is 6.38. The molecule has 0 saturated carbocycles. The topological polar surface area (TPSA) is 47.7 Å². The maximum atomic E-state index is 6.38. The first-order valence-corrected chi connectivity index (χ1v) is 10.2. The summed E-state index contributed by atoms with van der Waals surface area (Å²) in [6, 6.07) is 6.81. The average molecular weight is 357 g/mol. The first-order valence-electron chi connectivity index (χ1n) is 10.2. The van der Waals surface area contributed by atoms with Crippen LogP contribution in [0.4, 0.5) is 5.69 Å². The lowest BCUT2D eigenvalue weighted by molar-refractivity contribution is -0.00119. The zero-order valence-corrected chi connectivity index (χ0v) is 15.8. The third-order valence-electron chi connectivity index (χ3n) is 6.38. The fourth-order valence-electron chi connectivity index (χ4n) is 4.73. The molecular formula is C22H32N2O2. The Morgan fingerprint density at radius 2 is 1.77 bits per heavy atom. The second kappa shape index (κ2) is 8.12. The van der Waals surface area contributed by atoms with Crippen molar-refractivity contribution in [3.63, 3.8) is 0 Å². The van der Waals surface area contributed by atoms with Crippen molar-refractivity contribution in [2.75, 3.05) is 51.8 Å². The molecule has 2 aliphatic heterocycles. The average Bonchev–Trinajstić information content (AvgIpc) is 2.70. The zero-order chi connectivity index (χ0) is 17.8. The van der Waals surface area contributed by atoms with Crippen molar-refractivity contribution >= 4 is 11.3 Å². The fraction of sp³-hybridized carbons (Fsp3) is 0.636. The number of ether oxygens (including phenoxy) is 2. The molecule has 0 atom stereocenters. The summed E-state index contributed by atoms with van der Waals surface area (Å²) >= 11 is 0. The molecule has 0 aromatic heterocycles. The quantitative estimate of drug-likeness (QED) is 0.837. The molecule has 2 heterocycles. The van der Waals surface area contributed by atoms with E-state index in [1.807, 2.05) is 0 Å². The van der Waals surface area contributed by atoms with Crippen molar-refractivity contribution in [2.24, 2.45) is 0 Å². The van der Waals surface area contributed by atoms with Crippen molar-refractivity contribution in [3.8, 4) is 0 Å². The standard InChI is InChI=1S/C22H32N2O2/c23-21-7-6-19(16-20(21)18-4-2-1-3-5-18)22(8-12-25-13-9-22)17-24-10-14-26-15-11-24/h4,6-7,16H,1-3,5,8-15,17,23H2. The van der Waals surface area contributed by atoms with E-state index in [-0.39, 0.29) is 5.41 Å². The van der Waals surface area contributed by atoms with Crippen LogP contribution in [0, 0.1) is 0 Å². The largest absolute Gasteiger partial charge is 0.398 e. The SMILES string of the molecule is Nc1ccc(C2(CN3CCOCC3)CCOCC2)cc1C1=CCCCC1. The molecule has 2 N–H and O–H groups in total. The summed E-state index contributed by atoms with van der Waals surface area (Å²) in [6.07, 6.45) is 9.51. The van der Waals surface area contributed by atoms with Gasteiger partial charge in [0.05, 0.1) is 13.2 Å². The van der Waals surface area contributed by atoms with Crippen LogP contribution in [0.2, 0.25) is 0 Å². The number of nitrogen functional groups attached to an aromatic ring is 1. The van der Waals surface area contributed by atoms with Gasteiger partial charge in [-0.15, -0.1) is 0 Å². The number of benzene rings is 1. The van der Waals surface area contributed by atoms with Crippen molar-refractivity contribution in [2.45, 2.75) is 43.9 Å². The van der Waals surface area contributed by atoms with Crippen LogP contribution in [0.15, 0.2) is 24.3 Å². The van der Waals surface area contributed by atoms with Crippen molar-refractivity contribution < 1.29 is 9.47 Å². The summed E-state index contributed by atoms with van der Waals surface area (Å²) in [5.74, 6) is 0. The van der Waals surface area contributed by atoms with Crippen LogP contribution in [0.5, 0.6) is 0 Å². The molecule has 3 aliphatic rings. The molecule has 0 unspecified atom stereocenters. The maximum absolute atomic E-state index is 6.38. The van der Waals surface area contributed by atoms with Crippen LogP contribution < -0.4 is 5.73 Å². The number of hydrogen-bond acceptors (Lipinski definition) is 4. The van der Waals surface area contributed by atoms with Gasteiger partial charge in [-0.1, -0.05) is 12.1 Å². The van der Waals surface area contributed by atoms with E-state index in [1.54, 1.807) is 0 Å². The van der Waals surface area contributed by atoms with E-state index in [0.29, 0.717) is 0 Å². The van der Waals surface area contributed by atoms with Gasteiger partial charge in [0.1, 0.15) is 0 Å². The summed E-state index contributed by atoms with van der Waals surface area (Å²) in [6.45, 7) is 6.59.